The van der Waals surface area contributed by atoms with Crippen LogP contribution in [0.15, 0.2) is 46.9 Å². The summed E-state index contributed by atoms with van der Waals surface area (Å²) in [6, 6.07) is 11.6. The standard InChI is InChI=1S/C14H13BrFNO/c1-9(17)14-12(16)3-2-4-13(14)18-11-7-5-10(15)6-8-11/h2-9H,17H2,1H3. The van der Waals surface area contributed by atoms with Crippen LogP contribution in [0.25, 0.3) is 0 Å². The fraction of sp³-hybridized carbons (Fsp3) is 0.143. The van der Waals surface area contributed by atoms with Gasteiger partial charge in [0.2, 0.25) is 0 Å². The van der Waals surface area contributed by atoms with E-state index < -0.39 is 6.04 Å². The molecule has 4 heteroatoms. The van der Waals surface area contributed by atoms with Gasteiger partial charge in [0.25, 0.3) is 0 Å². The Morgan fingerprint density at radius 1 is 1.17 bits per heavy atom. The van der Waals surface area contributed by atoms with Crippen LogP contribution in [0.1, 0.15) is 18.5 Å². The van der Waals surface area contributed by atoms with E-state index in [4.69, 9.17) is 10.5 Å². The summed E-state index contributed by atoms with van der Waals surface area (Å²) in [4.78, 5) is 0. The summed E-state index contributed by atoms with van der Waals surface area (Å²) in [5, 5.41) is 0. The van der Waals surface area contributed by atoms with Crippen molar-refractivity contribution in [2.75, 3.05) is 0 Å². The first-order chi connectivity index (χ1) is 8.58. The highest BCUT2D eigenvalue weighted by molar-refractivity contribution is 9.10. The third-order valence-electron chi connectivity index (χ3n) is 2.51. The van der Waals surface area contributed by atoms with Crippen molar-refractivity contribution in [2.45, 2.75) is 13.0 Å². The van der Waals surface area contributed by atoms with Crippen LogP contribution < -0.4 is 10.5 Å². The molecule has 0 radical (unpaired) electrons. The van der Waals surface area contributed by atoms with Gasteiger partial charge in [-0.25, -0.2) is 4.39 Å². The minimum atomic E-state index is -0.420. The van der Waals surface area contributed by atoms with E-state index in [0.29, 0.717) is 17.1 Å². The molecule has 0 bridgehead atoms. The molecule has 0 amide bonds. The van der Waals surface area contributed by atoms with Gasteiger partial charge in [-0.3, -0.25) is 0 Å². The van der Waals surface area contributed by atoms with Gasteiger partial charge in [-0.05, 0) is 43.3 Å². The van der Waals surface area contributed by atoms with Gasteiger partial charge in [-0.2, -0.15) is 0 Å². The largest absolute Gasteiger partial charge is 0.457 e. The van der Waals surface area contributed by atoms with Crippen molar-refractivity contribution >= 4 is 15.9 Å². The van der Waals surface area contributed by atoms with Gasteiger partial charge in [-0.15, -0.1) is 0 Å². The van der Waals surface area contributed by atoms with Crippen LogP contribution in [0.2, 0.25) is 0 Å². The van der Waals surface area contributed by atoms with Crippen LogP contribution in [0.4, 0.5) is 4.39 Å². The smallest absolute Gasteiger partial charge is 0.135 e. The summed E-state index contributed by atoms with van der Waals surface area (Å²) in [5.41, 5.74) is 6.15. The average Bonchev–Trinajstić information content (AvgIpc) is 2.32. The van der Waals surface area contributed by atoms with E-state index in [0.717, 1.165) is 4.47 Å². The van der Waals surface area contributed by atoms with E-state index in [1.165, 1.54) is 6.07 Å². The maximum absolute atomic E-state index is 13.7. The fourth-order valence-electron chi connectivity index (χ4n) is 1.68. The Balaban J connectivity index is 2.34. The predicted molar refractivity (Wildman–Crippen MR) is 73.2 cm³/mol. The molecule has 0 heterocycles. The molecule has 0 spiro atoms. The lowest BCUT2D eigenvalue weighted by Crippen LogP contribution is -2.09. The number of benzene rings is 2. The monoisotopic (exact) mass is 309 g/mol. The van der Waals surface area contributed by atoms with E-state index in [1.54, 1.807) is 31.2 Å². The van der Waals surface area contributed by atoms with Crippen molar-refractivity contribution in [3.05, 3.63) is 58.3 Å². The molecule has 0 aliphatic rings. The maximum Gasteiger partial charge on any atom is 0.135 e. The van der Waals surface area contributed by atoms with Gasteiger partial charge < -0.3 is 10.5 Å². The van der Waals surface area contributed by atoms with E-state index in [2.05, 4.69) is 15.9 Å². The van der Waals surface area contributed by atoms with Crippen LogP contribution in [0, 0.1) is 5.82 Å². The van der Waals surface area contributed by atoms with Crippen molar-refractivity contribution in [3.63, 3.8) is 0 Å². The number of rotatable bonds is 3. The summed E-state index contributed by atoms with van der Waals surface area (Å²) >= 11 is 3.34. The third-order valence-corrected chi connectivity index (χ3v) is 3.04. The number of ether oxygens (including phenoxy) is 1. The van der Waals surface area contributed by atoms with Crippen molar-refractivity contribution in [3.8, 4) is 11.5 Å². The molecule has 0 aliphatic carbocycles. The molecule has 2 aromatic carbocycles. The second-order valence-electron chi connectivity index (χ2n) is 4.00. The van der Waals surface area contributed by atoms with Crippen LogP contribution in [0.5, 0.6) is 11.5 Å². The van der Waals surface area contributed by atoms with Crippen molar-refractivity contribution < 1.29 is 9.13 Å². The van der Waals surface area contributed by atoms with Crippen LogP contribution in [0.3, 0.4) is 0 Å². The highest BCUT2D eigenvalue weighted by Gasteiger charge is 2.14. The molecule has 18 heavy (non-hydrogen) atoms. The van der Waals surface area contributed by atoms with E-state index in [9.17, 15) is 4.39 Å². The number of hydrogen-bond acceptors (Lipinski definition) is 2. The number of nitrogens with two attached hydrogens (primary N) is 1. The number of hydrogen-bond donors (Lipinski definition) is 1. The molecule has 0 saturated heterocycles. The van der Waals surface area contributed by atoms with Crippen LogP contribution >= 0.6 is 15.9 Å². The molecular formula is C14H13BrFNO. The van der Waals surface area contributed by atoms with Gasteiger partial charge >= 0.3 is 0 Å². The minimum Gasteiger partial charge on any atom is -0.457 e. The first kappa shape index (κ1) is 13.1. The topological polar surface area (TPSA) is 35.2 Å². The average molecular weight is 310 g/mol. The Labute approximate surface area is 114 Å². The summed E-state index contributed by atoms with van der Waals surface area (Å²) < 4.78 is 20.3. The molecule has 2 nitrogen and oxygen atoms in total. The molecule has 0 aliphatic heterocycles. The van der Waals surface area contributed by atoms with E-state index >= 15 is 0 Å². The van der Waals surface area contributed by atoms with Crippen molar-refractivity contribution in [1.82, 2.24) is 0 Å². The van der Waals surface area contributed by atoms with Gasteiger partial charge in [0.1, 0.15) is 17.3 Å². The van der Waals surface area contributed by atoms with Crippen molar-refractivity contribution in [1.29, 1.82) is 0 Å². The van der Waals surface area contributed by atoms with E-state index in [1.807, 2.05) is 12.1 Å². The molecule has 2 N–H and O–H groups in total. The molecule has 2 rings (SSSR count). The Hall–Kier alpha value is -1.39. The second kappa shape index (κ2) is 5.50. The number of halogens is 2. The van der Waals surface area contributed by atoms with E-state index in [-0.39, 0.29) is 5.82 Å². The molecule has 1 atom stereocenters. The van der Waals surface area contributed by atoms with Crippen LogP contribution in [-0.2, 0) is 0 Å². The summed E-state index contributed by atoms with van der Waals surface area (Å²) in [5.74, 6) is 0.748. The third kappa shape index (κ3) is 2.89. The highest BCUT2D eigenvalue weighted by atomic mass is 79.9. The summed E-state index contributed by atoms with van der Waals surface area (Å²) in [6.07, 6.45) is 0. The zero-order valence-corrected chi connectivity index (χ0v) is 11.4. The Kier molecular flexibility index (Phi) is 3.99. The minimum absolute atomic E-state index is 0.348. The quantitative estimate of drug-likeness (QED) is 0.912. The van der Waals surface area contributed by atoms with Gasteiger partial charge in [0, 0.05) is 16.1 Å². The second-order valence-corrected chi connectivity index (χ2v) is 4.91. The molecule has 0 aromatic heterocycles. The van der Waals surface area contributed by atoms with Gasteiger partial charge in [0.05, 0.1) is 0 Å². The molecular weight excluding hydrogens is 297 g/mol. The van der Waals surface area contributed by atoms with Crippen molar-refractivity contribution in [2.24, 2.45) is 5.73 Å². The first-order valence-electron chi connectivity index (χ1n) is 5.55. The molecule has 2 aromatic rings. The normalized spacial score (nSPS) is 12.2. The van der Waals surface area contributed by atoms with Gasteiger partial charge in [0.15, 0.2) is 0 Å². The predicted octanol–water partition coefficient (Wildman–Crippen LogP) is 4.40. The first-order valence-corrected chi connectivity index (χ1v) is 6.34. The fourth-order valence-corrected chi connectivity index (χ4v) is 1.94. The SMILES string of the molecule is CC(N)c1c(F)cccc1Oc1ccc(Br)cc1. The molecule has 1 unspecified atom stereocenters. The summed E-state index contributed by atoms with van der Waals surface area (Å²) in [7, 11) is 0. The van der Waals surface area contributed by atoms with Crippen LogP contribution in [-0.4, -0.2) is 0 Å². The van der Waals surface area contributed by atoms with Gasteiger partial charge in [-0.1, -0.05) is 22.0 Å². The molecule has 0 fully saturated rings. The maximum atomic E-state index is 13.7. The Bertz CT molecular complexity index is 540. The summed E-state index contributed by atoms with van der Waals surface area (Å²) in [6.45, 7) is 1.73. The Morgan fingerprint density at radius 2 is 1.83 bits per heavy atom. The highest BCUT2D eigenvalue weighted by Crippen LogP contribution is 2.31. The zero-order chi connectivity index (χ0) is 13.1. The molecule has 94 valence electrons. The molecule has 0 saturated carbocycles. The lowest BCUT2D eigenvalue weighted by molar-refractivity contribution is 0.461. The Morgan fingerprint density at radius 3 is 2.44 bits per heavy atom. The zero-order valence-electron chi connectivity index (χ0n) is 9.86. The lowest BCUT2D eigenvalue weighted by atomic mass is 10.1. The lowest BCUT2D eigenvalue weighted by Gasteiger charge is -2.14.